The van der Waals surface area contributed by atoms with Crippen molar-refractivity contribution in [1.29, 1.82) is 0 Å². The molecule has 1 aliphatic carbocycles. The number of piperidine rings is 1. The Kier molecular flexibility index (Phi) is 4.90. The number of fused-ring (bicyclic) bond motifs is 1. The number of nitrogens with zero attached hydrogens (tertiary/aromatic N) is 1. The van der Waals surface area contributed by atoms with Crippen LogP contribution in [-0.4, -0.2) is 47.7 Å². The molecule has 1 unspecified atom stereocenters. The summed E-state index contributed by atoms with van der Waals surface area (Å²) in [6.07, 6.45) is 0.157. The molecule has 1 aromatic rings. The third kappa shape index (κ3) is 3.76. The molecule has 0 spiro atoms. The van der Waals surface area contributed by atoms with Crippen molar-refractivity contribution in [2.75, 3.05) is 13.1 Å². The summed E-state index contributed by atoms with van der Waals surface area (Å²) in [5, 5.41) is 5.49. The van der Waals surface area contributed by atoms with Gasteiger partial charge in [0.15, 0.2) is 0 Å². The normalized spacial score (nSPS) is 24.9. The highest BCUT2D eigenvalue weighted by Gasteiger charge is 2.55. The van der Waals surface area contributed by atoms with E-state index in [9.17, 15) is 23.2 Å². The van der Waals surface area contributed by atoms with Gasteiger partial charge in [-0.05, 0) is 30.2 Å². The fraction of sp³-hybridized carbons (Fsp3) is 0.550. The summed E-state index contributed by atoms with van der Waals surface area (Å²) in [6.45, 7) is 1.42. The molecule has 4 rings (SSSR count). The van der Waals surface area contributed by atoms with E-state index in [2.05, 4.69) is 10.6 Å². The Bertz CT molecular complexity index is 865. The zero-order valence-corrected chi connectivity index (χ0v) is 16.0. The van der Waals surface area contributed by atoms with Crippen molar-refractivity contribution >= 4 is 17.7 Å². The number of imide groups is 1. The maximum atomic E-state index is 13.2. The van der Waals surface area contributed by atoms with Crippen molar-refractivity contribution in [2.24, 2.45) is 11.1 Å². The van der Waals surface area contributed by atoms with E-state index in [0.717, 1.165) is 11.1 Å². The van der Waals surface area contributed by atoms with Gasteiger partial charge in [0.2, 0.25) is 17.7 Å². The number of nitrogens with one attached hydrogen (secondary N) is 2. The quantitative estimate of drug-likeness (QED) is 0.610. The number of carbonyl (C=O) groups excluding carboxylic acids is 3. The fourth-order valence-electron chi connectivity index (χ4n) is 4.60. The van der Waals surface area contributed by atoms with Crippen molar-refractivity contribution < 1.29 is 23.2 Å². The Morgan fingerprint density at radius 1 is 1.24 bits per heavy atom. The molecule has 156 valence electrons. The summed E-state index contributed by atoms with van der Waals surface area (Å²) < 4.78 is 26.5. The fourth-order valence-corrected chi connectivity index (χ4v) is 4.60. The van der Waals surface area contributed by atoms with Crippen LogP contribution in [0.3, 0.4) is 0 Å². The maximum absolute atomic E-state index is 13.2. The van der Waals surface area contributed by atoms with Crippen LogP contribution in [0.25, 0.3) is 0 Å². The van der Waals surface area contributed by atoms with E-state index in [4.69, 9.17) is 5.73 Å². The van der Waals surface area contributed by atoms with Gasteiger partial charge in [0.25, 0.3) is 5.91 Å². The van der Waals surface area contributed by atoms with E-state index in [-0.39, 0.29) is 37.6 Å². The number of rotatable bonds is 6. The molecule has 1 saturated carbocycles. The van der Waals surface area contributed by atoms with E-state index in [1.807, 2.05) is 12.1 Å². The van der Waals surface area contributed by atoms with Gasteiger partial charge >= 0.3 is 0 Å². The Hall–Kier alpha value is -2.39. The summed E-state index contributed by atoms with van der Waals surface area (Å²) in [7, 11) is 0. The van der Waals surface area contributed by atoms with Crippen LogP contribution in [0.2, 0.25) is 0 Å². The average molecular weight is 406 g/mol. The van der Waals surface area contributed by atoms with Crippen LogP contribution in [0.1, 0.15) is 47.2 Å². The monoisotopic (exact) mass is 406 g/mol. The SMILES string of the molecule is NCC1(CNCc2ccc3c(c2)CN(C2CCC(=O)NC2=O)C3=O)CC(F)(F)C1. The van der Waals surface area contributed by atoms with Crippen LogP contribution in [0.15, 0.2) is 18.2 Å². The van der Waals surface area contributed by atoms with Gasteiger partial charge in [-0.25, -0.2) is 8.78 Å². The molecule has 7 nitrogen and oxygen atoms in total. The van der Waals surface area contributed by atoms with Crippen LogP contribution in [0.5, 0.6) is 0 Å². The molecule has 0 radical (unpaired) electrons. The topological polar surface area (TPSA) is 105 Å². The number of hydrogen-bond acceptors (Lipinski definition) is 5. The Morgan fingerprint density at radius 2 is 2.00 bits per heavy atom. The Labute approximate surface area is 167 Å². The smallest absolute Gasteiger partial charge is 0.255 e. The number of carbonyl (C=O) groups is 3. The van der Waals surface area contributed by atoms with E-state index in [0.29, 0.717) is 31.6 Å². The molecule has 1 aromatic carbocycles. The van der Waals surface area contributed by atoms with Crippen LogP contribution in [-0.2, 0) is 22.7 Å². The first-order valence-corrected chi connectivity index (χ1v) is 9.77. The number of alkyl halides is 2. The van der Waals surface area contributed by atoms with Crippen molar-refractivity contribution in [1.82, 2.24) is 15.5 Å². The van der Waals surface area contributed by atoms with Crippen LogP contribution in [0.4, 0.5) is 8.78 Å². The molecule has 3 amide bonds. The zero-order valence-electron chi connectivity index (χ0n) is 16.0. The van der Waals surface area contributed by atoms with Crippen molar-refractivity contribution in [3.8, 4) is 0 Å². The van der Waals surface area contributed by atoms with Gasteiger partial charge in [-0.15, -0.1) is 0 Å². The van der Waals surface area contributed by atoms with Crippen LogP contribution >= 0.6 is 0 Å². The van der Waals surface area contributed by atoms with Gasteiger partial charge in [0.1, 0.15) is 6.04 Å². The molecule has 2 fully saturated rings. The number of amides is 3. The van der Waals surface area contributed by atoms with Gasteiger partial charge in [-0.2, -0.15) is 0 Å². The summed E-state index contributed by atoms with van der Waals surface area (Å²) in [4.78, 5) is 37.6. The number of nitrogens with two attached hydrogens (primary N) is 1. The molecule has 2 aliphatic heterocycles. The Balaban J connectivity index is 1.38. The largest absolute Gasteiger partial charge is 0.330 e. The molecule has 0 aromatic heterocycles. The van der Waals surface area contributed by atoms with Crippen molar-refractivity contribution in [3.05, 3.63) is 34.9 Å². The van der Waals surface area contributed by atoms with Crippen molar-refractivity contribution in [3.63, 3.8) is 0 Å². The second kappa shape index (κ2) is 7.14. The van der Waals surface area contributed by atoms with E-state index < -0.39 is 23.3 Å². The number of benzene rings is 1. The number of halogens is 2. The molecule has 2 heterocycles. The summed E-state index contributed by atoms with van der Waals surface area (Å²) in [5.74, 6) is -3.58. The molecule has 1 saturated heterocycles. The zero-order chi connectivity index (χ0) is 20.8. The minimum atomic E-state index is -2.62. The minimum absolute atomic E-state index is 0.191. The van der Waals surface area contributed by atoms with Gasteiger partial charge in [-0.1, -0.05) is 12.1 Å². The highest BCUT2D eigenvalue weighted by molar-refractivity contribution is 6.05. The molecular weight excluding hydrogens is 382 g/mol. The van der Waals surface area contributed by atoms with E-state index in [1.165, 1.54) is 4.90 Å². The first-order valence-electron chi connectivity index (χ1n) is 9.77. The molecule has 4 N–H and O–H groups in total. The van der Waals surface area contributed by atoms with E-state index in [1.54, 1.807) is 6.07 Å². The lowest BCUT2D eigenvalue weighted by Crippen LogP contribution is -2.55. The maximum Gasteiger partial charge on any atom is 0.255 e. The molecule has 29 heavy (non-hydrogen) atoms. The second-order valence-electron chi connectivity index (χ2n) is 8.41. The lowest BCUT2D eigenvalue weighted by atomic mass is 9.66. The first-order chi connectivity index (χ1) is 13.7. The van der Waals surface area contributed by atoms with Crippen molar-refractivity contribution in [2.45, 2.75) is 50.7 Å². The predicted molar refractivity (Wildman–Crippen MR) is 99.9 cm³/mol. The lowest BCUT2D eigenvalue weighted by molar-refractivity contribution is -0.155. The van der Waals surface area contributed by atoms with Gasteiger partial charge in [0.05, 0.1) is 0 Å². The molecule has 9 heteroatoms. The second-order valence-corrected chi connectivity index (χ2v) is 8.41. The predicted octanol–water partition coefficient (Wildman–Crippen LogP) is 0.911. The van der Waals surface area contributed by atoms with Gasteiger partial charge < -0.3 is 16.0 Å². The third-order valence-corrected chi connectivity index (χ3v) is 6.12. The molecule has 1 atom stereocenters. The van der Waals surface area contributed by atoms with Gasteiger partial charge in [0, 0.05) is 49.9 Å². The van der Waals surface area contributed by atoms with Gasteiger partial charge in [-0.3, -0.25) is 19.7 Å². The summed E-state index contributed by atoms with van der Waals surface area (Å²) in [6, 6.07) is 4.81. The van der Waals surface area contributed by atoms with Crippen LogP contribution in [0, 0.1) is 5.41 Å². The first kappa shape index (κ1) is 19.9. The van der Waals surface area contributed by atoms with E-state index >= 15 is 0 Å². The minimum Gasteiger partial charge on any atom is -0.330 e. The summed E-state index contributed by atoms with van der Waals surface area (Å²) in [5.41, 5.74) is 7.44. The molecular formula is C20H24F2N4O3. The lowest BCUT2D eigenvalue weighted by Gasteiger charge is -2.47. The summed E-state index contributed by atoms with van der Waals surface area (Å²) >= 11 is 0. The number of hydrogen-bond donors (Lipinski definition) is 3. The average Bonchev–Trinajstić information content (AvgIpc) is 2.96. The highest BCUT2D eigenvalue weighted by Crippen LogP contribution is 2.50. The Morgan fingerprint density at radius 3 is 2.66 bits per heavy atom. The molecule has 3 aliphatic rings. The molecule has 0 bridgehead atoms. The van der Waals surface area contributed by atoms with Crippen LogP contribution < -0.4 is 16.4 Å². The highest BCUT2D eigenvalue weighted by atomic mass is 19.3. The third-order valence-electron chi connectivity index (χ3n) is 6.12. The standard InChI is InChI=1S/C20H24F2N4O3/c21-20(22)8-19(9-20,10-23)11-24-6-12-1-2-14-13(5-12)7-26(18(14)29)15-3-4-16(27)25-17(15)28/h1-2,5,15,24H,3-4,6-11,23H2,(H,25,27,28).